The molecule has 1 aromatic carbocycles. The fourth-order valence-corrected chi connectivity index (χ4v) is 2.88. The van der Waals surface area contributed by atoms with E-state index in [1.807, 2.05) is 66.2 Å². The molecule has 3 nitrogen and oxygen atoms in total. The van der Waals surface area contributed by atoms with E-state index in [2.05, 4.69) is 0 Å². The van der Waals surface area contributed by atoms with Gasteiger partial charge in [0.25, 0.3) is 0 Å². The largest absolute Gasteiger partial charge is 0.387 e. The van der Waals surface area contributed by atoms with Crippen LogP contribution in [-0.2, 0) is 11.3 Å². The SMILES string of the molecule is CC=CC=CC(=O)N(Cc1ccccc1)CC(O)c1ccsc1. The highest BCUT2D eigenvalue weighted by Crippen LogP contribution is 2.18. The van der Waals surface area contributed by atoms with Gasteiger partial charge in [0.2, 0.25) is 5.91 Å². The lowest BCUT2D eigenvalue weighted by Gasteiger charge is -2.24. The molecule has 1 aromatic heterocycles. The summed E-state index contributed by atoms with van der Waals surface area (Å²) in [6, 6.07) is 11.7. The minimum Gasteiger partial charge on any atom is -0.387 e. The molecule has 0 saturated carbocycles. The smallest absolute Gasteiger partial charge is 0.246 e. The zero-order valence-electron chi connectivity index (χ0n) is 13.1. The van der Waals surface area contributed by atoms with Gasteiger partial charge < -0.3 is 10.0 Å². The van der Waals surface area contributed by atoms with E-state index in [0.717, 1.165) is 11.1 Å². The average Bonchev–Trinajstić information content (AvgIpc) is 3.10. The van der Waals surface area contributed by atoms with Crippen LogP contribution in [0.5, 0.6) is 0 Å². The Morgan fingerprint density at radius 1 is 1.26 bits per heavy atom. The maximum absolute atomic E-state index is 12.4. The molecule has 1 unspecified atom stereocenters. The van der Waals surface area contributed by atoms with Crippen molar-refractivity contribution < 1.29 is 9.90 Å². The monoisotopic (exact) mass is 327 g/mol. The first kappa shape index (κ1) is 17.2. The Kier molecular flexibility index (Phi) is 6.78. The number of carbonyl (C=O) groups is 1. The number of aliphatic hydroxyl groups excluding tert-OH is 1. The Morgan fingerprint density at radius 2 is 2.04 bits per heavy atom. The van der Waals surface area contributed by atoms with Crippen LogP contribution < -0.4 is 0 Å². The second-order valence-corrected chi connectivity index (χ2v) is 5.94. The van der Waals surface area contributed by atoms with E-state index in [9.17, 15) is 9.90 Å². The van der Waals surface area contributed by atoms with Gasteiger partial charge in [0.1, 0.15) is 0 Å². The van der Waals surface area contributed by atoms with Gasteiger partial charge in [-0.25, -0.2) is 0 Å². The summed E-state index contributed by atoms with van der Waals surface area (Å²) in [5.74, 6) is -0.110. The summed E-state index contributed by atoms with van der Waals surface area (Å²) in [5.41, 5.74) is 1.89. The molecule has 4 heteroatoms. The van der Waals surface area contributed by atoms with E-state index in [1.165, 1.54) is 17.4 Å². The molecule has 120 valence electrons. The van der Waals surface area contributed by atoms with E-state index in [0.29, 0.717) is 6.54 Å². The maximum Gasteiger partial charge on any atom is 0.246 e. The molecule has 0 aliphatic heterocycles. The highest BCUT2D eigenvalue weighted by molar-refractivity contribution is 7.07. The second-order valence-electron chi connectivity index (χ2n) is 5.16. The number of amides is 1. The van der Waals surface area contributed by atoms with Crippen LogP contribution in [0.3, 0.4) is 0 Å². The van der Waals surface area contributed by atoms with Crippen molar-refractivity contribution in [2.45, 2.75) is 19.6 Å². The normalized spacial score (nSPS) is 12.8. The summed E-state index contributed by atoms with van der Waals surface area (Å²) in [7, 11) is 0. The topological polar surface area (TPSA) is 40.5 Å². The Hall–Kier alpha value is -2.17. The third-order valence-corrected chi connectivity index (χ3v) is 4.09. The molecule has 0 radical (unpaired) electrons. The highest BCUT2D eigenvalue weighted by atomic mass is 32.1. The molecule has 1 atom stereocenters. The van der Waals surface area contributed by atoms with Gasteiger partial charge >= 0.3 is 0 Å². The summed E-state index contributed by atoms with van der Waals surface area (Å²) < 4.78 is 0. The van der Waals surface area contributed by atoms with Crippen LogP contribution in [0.2, 0.25) is 0 Å². The number of hydrogen-bond acceptors (Lipinski definition) is 3. The molecule has 0 spiro atoms. The third-order valence-electron chi connectivity index (χ3n) is 3.39. The summed E-state index contributed by atoms with van der Waals surface area (Å²) in [5, 5.41) is 14.2. The van der Waals surface area contributed by atoms with Crippen molar-refractivity contribution in [3.63, 3.8) is 0 Å². The lowest BCUT2D eigenvalue weighted by molar-refractivity contribution is -0.128. The molecule has 1 heterocycles. The van der Waals surface area contributed by atoms with E-state index in [4.69, 9.17) is 0 Å². The van der Waals surface area contributed by atoms with Gasteiger partial charge in [-0.1, -0.05) is 48.6 Å². The second kappa shape index (κ2) is 9.08. The molecule has 2 aromatic rings. The molecular weight excluding hydrogens is 306 g/mol. The van der Waals surface area contributed by atoms with Crippen LogP contribution in [0.1, 0.15) is 24.2 Å². The minimum atomic E-state index is -0.677. The molecule has 0 fully saturated rings. The molecule has 1 N–H and O–H groups in total. The number of nitrogens with zero attached hydrogens (tertiary/aromatic N) is 1. The van der Waals surface area contributed by atoms with Gasteiger partial charge in [0, 0.05) is 12.6 Å². The molecule has 0 saturated heterocycles. The van der Waals surface area contributed by atoms with E-state index in [-0.39, 0.29) is 12.5 Å². The average molecular weight is 327 g/mol. The van der Waals surface area contributed by atoms with Crippen molar-refractivity contribution in [2.24, 2.45) is 0 Å². The number of carbonyl (C=O) groups excluding carboxylic acids is 1. The minimum absolute atomic E-state index is 0.110. The summed E-state index contributed by atoms with van der Waals surface area (Å²) >= 11 is 1.54. The van der Waals surface area contributed by atoms with Crippen molar-refractivity contribution >= 4 is 17.2 Å². The highest BCUT2D eigenvalue weighted by Gasteiger charge is 2.17. The van der Waals surface area contributed by atoms with Crippen LogP contribution in [0.15, 0.2) is 71.5 Å². The van der Waals surface area contributed by atoms with Crippen LogP contribution in [0, 0.1) is 0 Å². The predicted octanol–water partition coefficient (Wildman–Crippen LogP) is 3.94. The van der Waals surface area contributed by atoms with Crippen LogP contribution in [-0.4, -0.2) is 22.5 Å². The van der Waals surface area contributed by atoms with Gasteiger partial charge in [-0.3, -0.25) is 4.79 Å². The Morgan fingerprint density at radius 3 is 2.70 bits per heavy atom. The van der Waals surface area contributed by atoms with Crippen molar-refractivity contribution in [3.05, 3.63) is 82.6 Å². The number of rotatable bonds is 7. The number of aliphatic hydroxyl groups is 1. The lowest BCUT2D eigenvalue weighted by atomic mass is 10.1. The van der Waals surface area contributed by atoms with Crippen molar-refractivity contribution in [1.82, 2.24) is 4.90 Å². The zero-order valence-corrected chi connectivity index (χ0v) is 13.9. The molecule has 2 rings (SSSR count). The standard InChI is InChI=1S/C19H21NO2S/c1-2-3-5-10-19(22)20(13-16-8-6-4-7-9-16)14-18(21)17-11-12-23-15-17/h2-12,15,18,21H,13-14H2,1H3. The van der Waals surface area contributed by atoms with Crippen LogP contribution in [0.4, 0.5) is 0 Å². The van der Waals surface area contributed by atoms with Gasteiger partial charge in [-0.2, -0.15) is 11.3 Å². The quantitative estimate of drug-likeness (QED) is 0.618. The maximum atomic E-state index is 12.4. The fraction of sp³-hybridized carbons (Fsp3) is 0.211. The van der Waals surface area contributed by atoms with E-state index in [1.54, 1.807) is 11.0 Å². The Balaban J connectivity index is 2.11. The molecular formula is C19H21NO2S. The zero-order chi connectivity index (χ0) is 16.5. The molecule has 23 heavy (non-hydrogen) atoms. The first-order valence-electron chi connectivity index (χ1n) is 7.53. The summed E-state index contributed by atoms with van der Waals surface area (Å²) in [6.45, 7) is 2.64. The number of hydrogen-bond donors (Lipinski definition) is 1. The predicted molar refractivity (Wildman–Crippen MR) is 95.1 cm³/mol. The Labute approximate surface area is 141 Å². The lowest BCUT2D eigenvalue weighted by Crippen LogP contribution is -2.33. The summed E-state index contributed by atoms with van der Waals surface area (Å²) in [6.07, 6.45) is 6.25. The summed E-state index contributed by atoms with van der Waals surface area (Å²) in [4.78, 5) is 14.1. The molecule has 0 bridgehead atoms. The van der Waals surface area contributed by atoms with Crippen LogP contribution >= 0.6 is 11.3 Å². The van der Waals surface area contributed by atoms with Gasteiger partial charge in [-0.05, 0) is 34.9 Å². The van der Waals surface area contributed by atoms with Gasteiger partial charge in [0.05, 0.1) is 12.6 Å². The Bertz CT molecular complexity index is 647. The number of allylic oxidation sites excluding steroid dienone is 3. The van der Waals surface area contributed by atoms with Crippen LogP contribution in [0.25, 0.3) is 0 Å². The molecule has 0 aliphatic rings. The van der Waals surface area contributed by atoms with Gasteiger partial charge in [0.15, 0.2) is 0 Å². The first-order valence-corrected chi connectivity index (χ1v) is 8.47. The van der Waals surface area contributed by atoms with E-state index < -0.39 is 6.10 Å². The molecule has 0 aliphatic carbocycles. The number of benzene rings is 1. The van der Waals surface area contributed by atoms with Gasteiger partial charge in [-0.15, -0.1) is 0 Å². The number of thiophene rings is 1. The third kappa shape index (κ3) is 5.51. The van der Waals surface area contributed by atoms with E-state index >= 15 is 0 Å². The fourth-order valence-electron chi connectivity index (χ4n) is 2.17. The van der Waals surface area contributed by atoms with Crippen molar-refractivity contribution in [3.8, 4) is 0 Å². The van der Waals surface area contributed by atoms with Crippen molar-refractivity contribution in [2.75, 3.05) is 6.54 Å². The first-order chi connectivity index (χ1) is 11.2. The molecule has 1 amide bonds. The van der Waals surface area contributed by atoms with Crippen molar-refractivity contribution in [1.29, 1.82) is 0 Å².